The van der Waals surface area contributed by atoms with Gasteiger partial charge >= 0.3 is 0 Å². The van der Waals surface area contributed by atoms with Crippen LogP contribution in [0.15, 0.2) is 24.5 Å². The third kappa shape index (κ3) is 4.01. The van der Waals surface area contributed by atoms with E-state index in [4.69, 9.17) is 10.00 Å². The molecule has 6 heteroatoms. The number of ether oxygens (including phenoxy) is 1. The molecule has 2 aromatic heterocycles. The van der Waals surface area contributed by atoms with E-state index < -0.39 is 0 Å². The second kappa shape index (κ2) is 6.69. The minimum Gasteiger partial charge on any atom is -0.480 e. The summed E-state index contributed by atoms with van der Waals surface area (Å²) >= 11 is 0. The van der Waals surface area contributed by atoms with E-state index in [9.17, 15) is 4.39 Å². The molecule has 2 aliphatic rings. The van der Waals surface area contributed by atoms with Crippen LogP contribution in [-0.2, 0) is 0 Å². The zero-order chi connectivity index (χ0) is 16.2. The molecule has 0 saturated heterocycles. The Morgan fingerprint density at radius 1 is 1.13 bits per heavy atom. The molecule has 4 rings (SSSR count). The van der Waals surface area contributed by atoms with Gasteiger partial charge in [-0.25, -0.2) is 9.37 Å². The van der Waals surface area contributed by atoms with Crippen molar-refractivity contribution in [1.29, 1.82) is 5.26 Å². The Hall–Kier alpha value is -2.55. The number of methoxy groups -OCH3 is 1. The van der Waals surface area contributed by atoms with Gasteiger partial charge in [0, 0.05) is 17.5 Å². The van der Waals surface area contributed by atoms with Gasteiger partial charge in [-0.1, -0.05) is 0 Å². The highest BCUT2D eigenvalue weighted by Crippen LogP contribution is 2.39. The summed E-state index contributed by atoms with van der Waals surface area (Å²) in [5.74, 6) is 2.06. The molecule has 2 fully saturated rings. The Balaban J connectivity index is 0.000000140. The first-order valence-electron chi connectivity index (χ1n) is 7.63. The van der Waals surface area contributed by atoms with E-state index in [-0.39, 0.29) is 5.82 Å². The zero-order valence-electron chi connectivity index (χ0n) is 12.9. The molecule has 0 bridgehead atoms. The third-order valence-corrected chi connectivity index (χ3v) is 3.77. The van der Waals surface area contributed by atoms with Gasteiger partial charge in [0.1, 0.15) is 23.3 Å². The zero-order valence-corrected chi connectivity index (χ0v) is 12.9. The van der Waals surface area contributed by atoms with Crippen LogP contribution in [-0.4, -0.2) is 22.1 Å². The van der Waals surface area contributed by atoms with Crippen LogP contribution in [0.3, 0.4) is 0 Å². The molecule has 0 aromatic carbocycles. The van der Waals surface area contributed by atoms with Gasteiger partial charge in [0.05, 0.1) is 19.5 Å². The molecule has 0 unspecified atom stereocenters. The van der Waals surface area contributed by atoms with Crippen molar-refractivity contribution in [3.8, 4) is 11.9 Å². The molecule has 0 radical (unpaired) electrons. The van der Waals surface area contributed by atoms with Crippen molar-refractivity contribution >= 4 is 0 Å². The first-order chi connectivity index (χ1) is 11.2. The molecule has 0 N–H and O–H groups in total. The van der Waals surface area contributed by atoms with E-state index >= 15 is 0 Å². The van der Waals surface area contributed by atoms with Crippen LogP contribution in [0.5, 0.6) is 5.88 Å². The Morgan fingerprint density at radius 3 is 2.39 bits per heavy atom. The summed E-state index contributed by atoms with van der Waals surface area (Å²) in [4.78, 5) is 12.2. The van der Waals surface area contributed by atoms with Gasteiger partial charge in [0.25, 0.3) is 0 Å². The van der Waals surface area contributed by atoms with Gasteiger partial charge < -0.3 is 4.74 Å². The topological polar surface area (TPSA) is 71.7 Å². The lowest BCUT2D eigenvalue weighted by atomic mass is 10.2. The van der Waals surface area contributed by atoms with Crippen molar-refractivity contribution < 1.29 is 9.13 Å². The summed E-state index contributed by atoms with van der Waals surface area (Å²) in [6.07, 6.45) is 7.55. The molecule has 2 saturated carbocycles. The Kier molecular flexibility index (Phi) is 4.47. The fraction of sp³-hybridized carbons (Fsp3) is 0.412. The largest absolute Gasteiger partial charge is 0.480 e. The molecule has 2 heterocycles. The highest BCUT2D eigenvalue weighted by molar-refractivity contribution is 5.36. The van der Waals surface area contributed by atoms with E-state index in [1.807, 2.05) is 6.07 Å². The van der Waals surface area contributed by atoms with Crippen LogP contribution < -0.4 is 4.74 Å². The maximum atomic E-state index is 12.3. The molecule has 2 aromatic rings. The molecule has 5 nitrogen and oxygen atoms in total. The molecule has 23 heavy (non-hydrogen) atoms. The number of nitriles is 1. The van der Waals surface area contributed by atoms with Crippen molar-refractivity contribution in [3.05, 3.63) is 47.4 Å². The van der Waals surface area contributed by atoms with Gasteiger partial charge in [0.2, 0.25) is 5.88 Å². The molecular weight excluding hydrogens is 295 g/mol. The summed E-state index contributed by atoms with van der Waals surface area (Å²) in [6, 6.07) is 5.23. The minimum absolute atomic E-state index is 0.246. The molecule has 0 spiro atoms. The van der Waals surface area contributed by atoms with E-state index in [2.05, 4.69) is 15.0 Å². The van der Waals surface area contributed by atoms with Crippen LogP contribution in [0.2, 0.25) is 0 Å². The predicted molar refractivity (Wildman–Crippen MR) is 81.4 cm³/mol. The van der Waals surface area contributed by atoms with Crippen molar-refractivity contribution in [2.75, 3.05) is 7.11 Å². The number of halogens is 1. The number of hydrogen-bond donors (Lipinski definition) is 0. The average molecular weight is 312 g/mol. The normalized spacial score (nSPS) is 16.0. The minimum atomic E-state index is -0.246. The Labute approximate surface area is 134 Å². The van der Waals surface area contributed by atoms with Crippen LogP contribution in [0, 0.1) is 17.1 Å². The number of rotatable bonds is 3. The van der Waals surface area contributed by atoms with Crippen molar-refractivity contribution in [3.63, 3.8) is 0 Å². The maximum absolute atomic E-state index is 12.3. The number of nitrogens with zero attached hydrogens (tertiary/aromatic N) is 4. The summed E-state index contributed by atoms with van der Waals surface area (Å²) in [6.45, 7) is 0. The van der Waals surface area contributed by atoms with Gasteiger partial charge in [-0.15, -0.1) is 0 Å². The van der Waals surface area contributed by atoms with Crippen LogP contribution >= 0.6 is 0 Å². The molecular formula is C17H17FN4O. The Bertz CT molecular complexity index is 718. The van der Waals surface area contributed by atoms with E-state index in [1.165, 1.54) is 38.4 Å². The third-order valence-electron chi connectivity index (χ3n) is 3.77. The summed E-state index contributed by atoms with van der Waals surface area (Å²) < 4.78 is 17.3. The number of pyridine rings is 1. The van der Waals surface area contributed by atoms with Crippen molar-refractivity contribution in [1.82, 2.24) is 15.0 Å². The quantitative estimate of drug-likeness (QED) is 0.869. The molecule has 0 atom stereocenters. The summed E-state index contributed by atoms with van der Waals surface area (Å²) in [5, 5.41) is 8.68. The standard InChI is InChI=1S/C9H9N3O.C8H8FN/c1-13-9-7(4-10)5-11-8(12-9)6-2-3-6;9-7-3-4-8(10-5-7)6-1-2-6/h5-6H,2-3H2,1H3;3-6H,1-2H2. The molecule has 118 valence electrons. The van der Waals surface area contributed by atoms with Crippen LogP contribution in [0.4, 0.5) is 4.39 Å². The fourth-order valence-electron chi connectivity index (χ4n) is 2.16. The van der Waals surface area contributed by atoms with Crippen molar-refractivity contribution in [2.45, 2.75) is 37.5 Å². The van der Waals surface area contributed by atoms with Gasteiger partial charge in [0.15, 0.2) is 0 Å². The fourth-order valence-corrected chi connectivity index (χ4v) is 2.16. The first kappa shape index (κ1) is 15.3. The molecule has 2 aliphatic carbocycles. The van der Waals surface area contributed by atoms with Crippen LogP contribution in [0.1, 0.15) is 54.6 Å². The molecule has 0 aliphatic heterocycles. The summed E-state index contributed by atoms with van der Waals surface area (Å²) in [5.41, 5.74) is 1.44. The van der Waals surface area contributed by atoms with E-state index in [0.717, 1.165) is 24.4 Å². The number of hydrogen-bond acceptors (Lipinski definition) is 5. The lowest BCUT2D eigenvalue weighted by Crippen LogP contribution is -1.98. The lowest BCUT2D eigenvalue weighted by Gasteiger charge is -2.02. The SMILES string of the molecule is COc1nc(C2CC2)ncc1C#N.Fc1ccc(C2CC2)nc1. The van der Waals surface area contributed by atoms with Gasteiger partial charge in [-0.2, -0.15) is 10.2 Å². The first-order valence-corrected chi connectivity index (χ1v) is 7.63. The monoisotopic (exact) mass is 312 g/mol. The van der Waals surface area contributed by atoms with E-state index in [0.29, 0.717) is 23.3 Å². The summed E-state index contributed by atoms with van der Waals surface area (Å²) in [7, 11) is 1.51. The van der Waals surface area contributed by atoms with Gasteiger partial charge in [-0.05, 0) is 37.8 Å². The smallest absolute Gasteiger partial charge is 0.234 e. The van der Waals surface area contributed by atoms with Crippen LogP contribution in [0.25, 0.3) is 0 Å². The number of aromatic nitrogens is 3. The second-order valence-electron chi connectivity index (χ2n) is 5.71. The predicted octanol–water partition coefficient (Wildman–Crippen LogP) is 3.33. The van der Waals surface area contributed by atoms with Crippen molar-refractivity contribution in [2.24, 2.45) is 0 Å². The molecule has 0 amide bonds. The lowest BCUT2D eigenvalue weighted by molar-refractivity contribution is 0.393. The highest BCUT2D eigenvalue weighted by Gasteiger charge is 2.27. The highest BCUT2D eigenvalue weighted by atomic mass is 19.1. The van der Waals surface area contributed by atoms with Gasteiger partial charge in [-0.3, -0.25) is 4.98 Å². The second-order valence-corrected chi connectivity index (χ2v) is 5.71. The van der Waals surface area contributed by atoms with E-state index in [1.54, 1.807) is 6.07 Å². The average Bonchev–Trinajstić information content (AvgIpc) is 3.48. The maximum Gasteiger partial charge on any atom is 0.234 e. The Morgan fingerprint density at radius 2 is 1.87 bits per heavy atom.